The van der Waals surface area contributed by atoms with Crippen LogP contribution in [-0.2, 0) is 14.3 Å². The number of amides is 1. The summed E-state index contributed by atoms with van der Waals surface area (Å²) in [7, 11) is 3.32. The molecule has 2 aliphatic rings. The van der Waals surface area contributed by atoms with Gasteiger partial charge in [0, 0.05) is 37.3 Å². The quantitative estimate of drug-likeness (QED) is 0.625. The van der Waals surface area contributed by atoms with E-state index in [4.69, 9.17) is 10.5 Å². The van der Waals surface area contributed by atoms with E-state index < -0.39 is 0 Å². The maximum atomic E-state index is 12.3. The van der Waals surface area contributed by atoms with Crippen molar-refractivity contribution in [3.05, 3.63) is 0 Å². The standard InChI is InChI=1S/C16H28N2O3S/c1-10(13(19)7-11-12-8-16(11,12)17)18(3)14(20)5-6-15(2,22)9-21-4/h10-12,22H,5-9,17H2,1-4H3/t10-,11?,12?,15?,16?/m0/s1. The van der Waals surface area contributed by atoms with Gasteiger partial charge in [0.2, 0.25) is 5.91 Å². The van der Waals surface area contributed by atoms with Gasteiger partial charge in [0.15, 0.2) is 5.78 Å². The van der Waals surface area contributed by atoms with Gasteiger partial charge < -0.3 is 15.4 Å². The van der Waals surface area contributed by atoms with Gasteiger partial charge in [0.25, 0.3) is 0 Å². The highest BCUT2D eigenvalue weighted by Gasteiger charge is 2.76. The van der Waals surface area contributed by atoms with Crippen molar-refractivity contribution in [1.82, 2.24) is 4.90 Å². The van der Waals surface area contributed by atoms with Gasteiger partial charge in [-0.25, -0.2) is 0 Å². The number of nitrogens with two attached hydrogens (primary N) is 1. The highest BCUT2D eigenvalue weighted by molar-refractivity contribution is 7.81. The van der Waals surface area contributed by atoms with Crippen molar-refractivity contribution in [2.45, 2.75) is 55.9 Å². The number of ether oxygens (including phenoxy) is 1. The molecule has 0 radical (unpaired) electrons. The molecule has 5 atom stereocenters. The first-order chi connectivity index (χ1) is 10.1. The first kappa shape index (κ1) is 17.8. The summed E-state index contributed by atoms with van der Waals surface area (Å²) >= 11 is 4.50. The molecule has 0 aliphatic heterocycles. The van der Waals surface area contributed by atoms with Crippen molar-refractivity contribution in [1.29, 1.82) is 0 Å². The van der Waals surface area contributed by atoms with Crippen molar-refractivity contribution in [3.8, 4) is 0 Å². The third-order valence-electron chi connectivity index (χ3n) is 5.36. The summed E-state index contributed by atoms with van der Waals surface area (Å²) in [6, 6.07) is -0.385. The molecule has 2 saturated carbocycles. The van der Waals surface area contributed by atoms with Gasteiger partial charge in [-0.15, -0.1) is 0 Å². The third-order valence-corrected chi connectivity index (χ3v) is 5.72. The zero-order valence-corrected chi connectivity index (χ0v) is 14.9. The summed E-state index contributed by atoms with van der Waals surface area (Å²) < 4.78 is 4.76. The van der Waals surface area contributed by atoms with Crippen LogP contribution in [0.3, 0.4) is 0 Å². The van der Waals surface area contributed by atoms with E-state index in [1.807, 2.05) is 6.92 Å². The van der Waals surface area contributed by atoms with Gasteiger partial charge in [-0.05, 0) is 38.5 Å². The van der Waals surface area contributed by atoms with Crippen molar-refractivity contribution in [3.63, 3.8) is 0 Å². The lowest BCUT2D eigenvalue weighted by atomic mass is 9.99. The molecule has 22 heavy (non-hydrogen) atoms. The summed E-state index contributed by atoms with van der Waals surface area (Å²) in [5, 5.41) is 0. The van der Waals surface area contributed by atoms with Crippen LogP contribution in [0.25, 0.3) is 0 Å². The van der Waals surface area contributed by atoms with E-state index in [2.05, 4.69) is 12.6 Å². The normalized spacial score (nSPS) is 32.6. The smallest absolute Gasteiger partial charge is 0.222 e. The van der Waals surface area contributed by atoms with Crippen LogP contribution >= 0.6 is 12.6 Å². The largest absolute Gasteiger partial charge is 0.383 e. The fourth-order valence-electron chi connectivity index (χ4n) is 3.17. The molecule has 0 saturated heterocycles. The summed E-state index contributed by atoms with van der Waals surface area (Å²) in [6.07, 6.45) is 2.55. The number of Topliss-reactive ketones (excluding diaryl/α,β-unsaturated/α-hetero) is 1. The Morgan fingerprint density at radius 2 is 2.14 bits per heavy atom. The predicted molar refractivity (Wildman–Crippen MR) is 88.9 cm³/mol. The van der Waals surface area contributed by atoms with E-state index in [-0.39, 0.29) is 28.0 Å². The number of fused-ring (bicyclic) bond motifs is 1. The molecule has 2 rings (SSSR count). The van der Waals surface area contributed by atoms with Crippen LogP contribution in [0.2, 0.25) is 0 Å². The minimum absolute atomic E-state index is 0.0272. The average molecular weight is 328 g/mol. The van der Waals surface area contributed by atoms with Crippen molar-refractivity contribution in [2.75, 3.05) is 20.8 Å². The molecule has 2 N–H and O–H groups in total. The van der Waals surface area contributed by atoms with E-state index >= 15 is 0 Å². The first-order valence-corrected chi connectivity index (χ1v) is 8.35. The fraction of sp³-hybridized carbons (Fsp3) is 0.875. The molecule has 5 nitrogen and oxygen atoms in total. The number of methoxy groups -OCH3 is 1. The van der Waals surface area contributed by atoms with Gasteiger partial charge in [0.05, 0.1) is 12.6 Å². The number of ketones is 1. The number of carbonyl (C=O) groups excluding carboxylic acids is 2. The molecule has 0 heterocycles. The van der Waals surface area contributed by atoms with Crippen LogP contribution in [0.5, 0.6) is 0 Å². The molecule has 4 unspecified atom stereocenters. The lowest BCUT2D eigenvalue weighted by Crippen LogP contribution is -2.41. The molecule has 1 amide bonds. The second kappa shape index (κ2) is 6.13. The van der Waals surface area contributed by atoms with Gasteiger partial charge in [-0.2, -0.15) is 12.6 Å². The molecule has 2 aliphatic carbocycles. The third kappa shape index (κ3) is 3.66. The number of likely N-dealkylation sites (N-methyl/N-ethyl adjacent to an activating group) is 1. The number of nitrogens with zero attached hydrogens (tertiary/aromatic N) is 1. The van der Waals surface area contributed by atoms with Crippen LogP contribution in [0.15, 0.2) is 0 Å². The van der Waals surface area contributed by atoms with Crippen LogP contribution in [-0.4, -0.2) is 53.7 Å². The highest BCUT2D eigenvalue weighted by Crippen LogP contribution is 2.71. The summed E-state index contributed by atoms with van der Waals surface area (Å²) in [6.45, 7) is 4.23. The second-order valence-electron chi connectivity index (χ2n) is 7.31. The van der Waals surface area contributed by atoms with Crippen molar-refractivity contribution < 1.29 is 14.3 Å². The Balaban J connectivity index is 1.75. The lowest BCUT2D eigenvalue weighted by molar-refractivity contribution is -0.137. The Kier molecular flexibility index (Phi) is 4.95. The van der Waals surface area contributed by atoms with Crippen LogP contribution in [0, 0.1) is 11.8 Å². The van der Waals surface area contributed by atoms with E-state index in [1.54, 1.807) is 26.0 Å². The van der Waals surface area contributed by atoms with E-state index in [0.29, 0.717) is 37.7 Å². The lowest BCUT2D eigenvalue weighted by Gasteiger charge is -2.27. The van der Waals surface area contributed by atoms with Gasteiger partial charge in [-0.1, -0.05) is 0 Å². The highest BCUT2D eigenvalue weighted by atomic mass is 32.1. The van der Waals surface area contributed by atoms with Crippen LogP contribution in [0.4, 0.5) is 0 Å². The molecule has 0 bridgehead atoms. The minimum Gasteiger partial charge on any atom is -0.383 e. The van der Waals surface area contributed by atoms with Crippen LogP contribution in [0.1, 0.15) is 39.5 Å². The molecular weight excluding hydrogens is 300 g/mol. The number of thiol groups is 1. The molecule has 0 spiro atoms. The SMILES string of the molecule is COCC(C)(S)CCC(=O)N(C)[C@@H](C)C(=O)CC1C2CC12N. The number of rotatable bonds is 9. The monoisotopic (exact) mass is 328 g/mol. The van der Waals surface area contributed by atoms with E-state index in [0.717, 1.165) is 6.42 Å². The number of carbonyl (C=O) groups is 2. The summed E-state index contributed by atoms with van der Waals surface area (Å²) in [4.78, 5) is 26.1. The predicted octanol–water partition coefficient (Wildman–Crippen LogP) is 1.25. The zero-order valence-electron chi connectivity index (χ0n) is 14.0. The number of hydrogen-bond donors (Lipinski definition) is 2. The first-order valence-electron chi connectivity index (χ1n) is 7.91. The van der Waals surface area contributed by atoms with Gasteiger partial charge >= 0.3 is 0 Å². The fourth-order valence-corrected chi connectivity index (χ4v) is 3.41. The summed E-state index contributed by atoms with van der Waals surface area (Å²) in [5.41, 5.74) is 6.00. The number of hydrogen-bond acceptors (Lipinski definition) is 5. The van der Waals surface area contributed by atoms with Gasteiger partial charge in [0.1, 0.15) is 0 Å². The van der Waals surface area contributed by atoms with Gasteiger partial charge in [-0.3, -0.25) is 9.59 Å². The molecule has 2 fully saturated rings. The Hall–Kier alpha value is -0.590. The molecule has 0 aromatic carbocycles. The summed E-state index contributed by atoms with van der Waals surface area (Å²) in [5.74, 6) is 1.00. The minimum atomic E-state index is -0.385. The Morgan fingerprint density at radius 1 is 1.55 bits per heavy atom. The zero-order chi connectivity index (χ0) is 16.7. The van der Waals surface area contributed by atoms with Crippen molar-refractivity contribution in [2.24, 2.45) is 17.6 Å². The van der Waals surface area contributed by atoms with E-state index in [1.165, 1.54) is 0 Å². The molecule has 0 aromatic heterocycles. The molecule has 6 heteroatoms. The topological polar surface area (TPSA) is 72.6 Å². The van der Waals surface area contributed by atoms with Crippen LogP contribution < -0.4 is 5.73 Å². The maximum absolute atomic E-state index is 12.3. The second-order valence-corrected chi connectivity index (χ2v) is 8.39. The average Bonchev–Trinajstić information content (AvgIpc) is 3.28. The molecule has 126 valence electrons. The maximum Gasteiger partial charge on any atom is 0.222 e. The Morgan fingerprint density at radius 3 is 2.59 bits per heavy atom. The molecule has 0 aromatic rings. The Bertz CT molecular complexity index is 468. The molecular formula is C16H28N2O3S. The van der Waals surface area contributed by atoms with E-state index in [9.17, 15) is 9.59 Å². The Labute approximate surface area is 138 Å². The van der Waals surface area contributed by atoms with Crippen molar-refractivity contribution >= 4 is 24.3 Å².